The molecule has 3 aromatic rings. The molecule has 2 amide bonds. The third-order valence-corrected chi connectivity index (χ3v) is 8.77. The Morgan fingerprint density at radius 3 is 2.10 bits per heavy atom. The Labute approximate surface area is 236 Å². The molecule has 0 unspecified atom stereocenters. The Balaban J connectivity index is 2.05. The van der Waals surface area contributed by atoms with E-state index in [1.165, 1.54) is 17.0 Å². The van der Waals surface area contributed by atoms with E-state index in [0.29, 0.717) is 22.7 Å². The first-order valence-corrected chi connectivity index (χ1v) is 14.9. The fraction of sp³-hybridized carbons (Fsp3) is 0.333. The number of halogens is 1. The smallest absolute Gasteiger partial charge is 0.264 e. The van der Waals surface area contributed by atoms with Crippen molar-refractivity contribution >= 4 is 39.1 Å². The van der Waals surface area contributed by atoms with Crippen molar-refractivity contribution in [3.05, 3.63) is 95.0 Å². The number of hydrogen-bond donors (Lipinski definition) is 1. The lowest BCUT2D eigenvalue weighted by molar-refractivity contribution is -0.140. The van der Waals surface area contributed by atoms with Crippen molar-refractivity contribution in [1.82, 2.24) is 10.2 Å². The highest BCUT2D eigenvalue weighted by Crippen LogP contribution is 2.26. The number of anilines is 1. The number of hydrogen-bond acceptors (Lipinski definition) is 4. The van der Waals surface area contributed by atoms with Gasteiger partial charge in [0.1, 0.15) is 12.6 Å². The minimum atomic E-state index is -4.09. The Kier molecular flexibility index (Phi) is 10.5. The molecule has 9 heteroatoms. The van der Waals surface area contributed by atoms with Gasteiger partial charge in [-0.05, 0) is 62.6 Å². The van der Waals surface area contributed by atoms with Gasteiger partial charge in [0, 0.05) is 17.6 Å². The minimum absolute atomic E-state index is 0.0536. The Hall–Kier alpha value is -3.36. The average molecular weight is 570 g/mol. The van der Waals surface area contributed by atoms with E-state index in [0.717, 1.165) is 16.3 Å². The quantitative estimate of drug-likeness (QED) is 0.309. The summed E-state index contributed by atoms with van der Waals surface area (Å²) in [6.45, 7) is 7.16. The highest BCUT2D eigenvalue weighted by atomic mass is 35.5. The van der Waals surface area contributed by atoms with E-state index in [9.17, 15) is 18.0 Å². The summed E-state index contributed by atoms with van der Waals surface area (Å²) in [6.07, 6.45) is 1.07. The second-order valence-corrected chi connectivity index (χ2v) is 11.8. The molecule has 3 aromatic carbocycles. The first kappa shape index (κ1) is 30.2. The maximum atomic E-state index is 14.0. The highest BCUT2D eigenvalue weighted by Gasteiger charge is 2.34. The summed E-state index contributed by atoms with van der Waals surface area (Å²) in [7, 11) is -4.09. The number of carbonyl (C=O) groups excluding carboxylic acids is 2. The molecule has 0 aliphatic rings. The summed E-state index contributed by atoms with van der Waals surface area (Å²) in [5.74, 6) is -0.804. The zero-order valence-electron chi connectivity index (χ0n) is 22.8. The van der Waals surface area contributed by atoms with Crippen LogP contribution >= 0.6 is 11.6 Å². The van der Waals surface area contributed by atoms with E-state index >= 15 is 0 Å². The van der Waals surface area contributed by atoms with Gasteiger partial charge in [-0.1, -0.05) is 79.5 Å². The summed E-state index contributed by atoms with van der Waals surface area (Å²) >= 11 is 6.43. The summed E-state index contributed by atoms with van der Waals surface area (Å²) in [5, 5.41) is 3.42. The zero-order chi connectivity index (χ0) is 28.6. The highest BCUT2D eigenvalue weighted by molar-refractivity contribution is 7.92. The van der Waals surface area contributed by atoms with E-state index < -0.39 is 28.5 Å². The normalized spacial score (nSPS) is 12.8. The van der Waals surface area contributed by atoms with Crippen molar-refractivity contribution in [3.8, 4) is 0 Å². The number of carbonyl (C=O) groups is 2. The number of sulfonamides is 1. The van der Waals surface area contributed by atoms with E-state index in [4.69, 9.17) is 11.6 Å². The molecular weight excluding hydrogens is 534 g/mol. The molecule has 39 heavy (non-hydrogen) atoms. The van der Waals surface area contributed by atoms with Gasteiger partial charge in [-0.3, -0.25) is 13.9 Å². The van der Waals surface area contributed by atoms with Crippen LogP contribution in [-0.4, -0.2) is 43.8 Å². The Morgan fingerprint density at radius 2 is 1.51 bits per heavy atom. The van der Waals surface area contributed by atoms with Gasteiger partial charge in [0.15, 0.2) is 0 Å². The third kappa shape index (κ3) is 7.61. The van der Waals surface area contributed by atoms with E-state index in [-0.39, 0.29) is 23.4 Å². The molecule has 7 nitrogen and oxygen atoms in total. The number of benzene rings is 3. The van der Waals surface area contributed by atoms with Crippen LogP contribution in [-0.2, 0) is 26.2 Å². The van der Waals surface area contributed by atoms with Crippen LogP contribution in [0.2, 0.25) is 5.02 Å². The van der Waals surface area contributed by atoms with Gasteiger partial charge < -0.3 is 10.2 Å². The summed E-state index contributed by atoms with van der Waals surface area (Å²) < 4.78 is 28.7. The van der Waals surface area contributed by atoms with Gasteiger partial charge in [0.2, 0.25) is 11.8 Å². The first-order chi connectivity index (χ1) is 18.6. The van der Waals surface area contributed by atoms with Gasteiger partial charge in [-0.25, -0.2) is 8.42 Å². The average Bonchev–Trinajstić information content (AvgIpc) is 2.93. The number of aryl methyl sites for hydroxylation is 1. The summed E-state index contributed by atoms with van der Waals surface area (Å²) in [6, 6.07) is 21.2. The first-order valence-electron chi connectivity index (χ1n) is 13.1. The van der Waals surface area contributed by atoms with Crippen LogP contribution in [0.1, 0.15) is 44.7 Å². The number of rotatable bonds is 12. The van der Waals surface area contributed by atoms with Crippen LogP contribution in [0, 0.1) is 6.92 Å². The van der Waals surface area contributed by atoms with E-state index in [1.807, 2.05) is 33.8 Å². The van der Waals surface area contributed by atoms with Crippen molar-refractivity contribution < 1.29 is 18.0 Å². The van der Waals surface area contributed by atoms with Crippen molar-refractivity contribution in [2.24, 2.45) is 0 Å². The van der Waals surface area contributed by atoms with E-state index in [1.54, 1.807) is 60.7 Å². The minimum Gasteiger partial charge on any atom is -0.352 e. The molecule has 3 rings (SSSR count). The number of nitrogens with one attached hydrogen (secondary N) is 1. The summed E-state index contributed by atoms with van der Waals surface area (Å²) in [5.41, 5.74) is 1.97. The predicted molar refractivity (Wildman–Crippen MR) is 156 cm³/mol. The van der Waals surface area contributed by atoms with Gasteiger partial charge in [-0.15, -0.1) is 0 Å². The van der Waals surface area contributed by atoms with Crippen molar-refractivity contribution in [3.63, 3.8) is 0 Å². The van der Waals surface area contributed by atoms with Crippen LogP contribution in [0.3, 0.4) is 0 Å². The Morgan fingerprint density at radius 1 is 0.897 bits per heavy atom. The predicted octanol–water partition coefficient (Wildman–Crippen LogP) is 5.57. The lowest BCUT2D eigenvalue weighted by atomic mass is 10.1. The molecule has 0 aliphatic carbocycles. The molecule has 0 bridgehead atoms. The largest absolute Gasteiger partial charge is 0.352 e. The molecule has 1 N–H and O–H groups in total. The second-order valence-electron chi connectivity index (χ2n) is 9.52. The fourth-order valence-corrected chi connectivity index (χ4v) is 5.76. The Bertz CT molecular complexity index is 1360. The number of amides is 2. The van der Waals surface area contributed by atoms with Gasteiger partial charge in [0.05, 0.1) is 10.6 Å². The molecule has 0 aliphatic heterocycles. The zero-order valence-corrected chi connectivity index (χ0v) is 24.4. The lowest BCUT2D eigenvalue weighted by Gasteiger charge is -2.34. The second kappa shape index (κ2) is 13.6. The van der Waals surface area contributed by atoms with Crippen LogP contribution < -0.4 is 9.62 Å². The molecule has 0 fully saturated rings. The van der Waals surface area contributed by atoms with Crippen molar-refractivity contribution in [2.75, 3.05) is 10.8 Å². The molecular formula is C30H36ClN3O4S. The maximum absolute atomic E-state index is 14.0. The molecule has 0 heterocycles. The van der Waals surface area contributed by atoms with Gasteiger partial charge in [0.25, 0.3) is 10.0 Å². The van der Waals surface area contributed by atoms with Gasteiger partial charge >= 0.3 is 0 Å². The standard InChI is InChI=1S/C30H36ClN3O4S/c1-5-23(4)32-30(36)28(6-2)33(20-24-12-10-11-15-27(24)31)29(35)21-34(25-18-16-22(3)17-19-25)39(37,38)26-13-8-7-9-14-26/h7-19,23,28H,5-6,20-21H2,1-4H3,(H,32,36)/t23-,28-/m1/s1. The monoisotopic (exact) mass is 569 g/mol. The molecule has 0 saturated heterocycles. The molecule has 0 radical (unpaired) electrons. The van der Waals surface area contributed by atoms with Crippen LogP contribution in [0.25, 0.3) is 0 Å². The van der Waals surface area contributed by atoms with E-state index in [2.05, 4.69) is 5.32 Å². The van der Waals surface area contributed by atoms with Crippen LogP contribution in [0.5, 0.6) is 0 Å². The molecule has 2 atom stereocenters. The van der Waals surface area contributed by atoms with Crippen molar-refractivity contribution in [1.29, 1.82) is 0 Å². The van der Waals surface area contributed by atoms with Crippen LogP contribution in [0.4, 0.5) is 5.69 Å². The molecule has 208 valence electrons. The lowest BCUT2D eigenvalue weighted by Crippen LogP contribution is -2.53. The SMILES string of the molecule is CC[C@@H](C)NC(=O)[C@@H](CC)N(Cc1ccccc1Cl)C(=O)CN(c1ccc(C)cc1)S(=O)(=O)c1ccccc1. The van der Waals surface area contributed by atoms with Gasteiger partial charge in [-0.2, -0.15) is 0 Å². The maximum Gasteiger partial charge on any atom is 0.264 e. The number of nitrogens with zero attached hydrogens (tertiary/aromatic N) is 2. The van der Waals surface area contributed by atoms with Crippen LogP contribution in [0.15, 0.2) is 83.8 Å². The topological polar surface area (TPSA) is 86.8 Å². The third-order valence-electron chi connectivity index (χ3n) is 6.62. The van der Waals surface area contributed by atoms with Crippen molar-refractivity contribution in [2.45, 2.75) is 64.1 Å². The molecule has 0 saturated carbocycles. The summed E-state index contributed by atoms with van der Waals surface area (Å²) in [4.78, 5) is 28.8. The molecule has 0 aromatic heterocycles. The fourth-order valence-electron chi connectivity index (χ4n) is 4.13. The molecule has 0 spiro atoms.